The maximum absolute atomic E-state index is 9.31. The summed E-state index contributed by atoms with van der Waals surface area (Å²) in [6.45, 7) is 3.69. The van der Waals surface area contributed by atoms with E-state index in [1.165, 1.54) is 16.8 Å². The Morgan fingerprint density at radius 1 is 1.38 bits per heavy atom. The van der Waals surface area contributed by atoms with Crippen molar-refractivity contribution in [2.24, 2.45) is 7.05 Å². The summed E-state index contributed by atoms with van der Waals surface area (Å²) in [7, 11) is 1.84. The summed E-state index contributed by atoms with van der Waals surface area (Å²) in [6.07, 6.45) is 2.27. The number of para-hydroxylation sites is 1. The second-order valence-corrected chi connectivity index (χ2v) is 5.87. The number of aliphatic hydroxyl groups is 1. The number of benzene rings is 1. The molecule has 0 saturated heterocycles. The molecular formula is C15H20N4OS. The van der Waals surface area contributed by atoms with E-state index in [-0.39, 0.29) is 6.61 Å². The molecule has 1 aliphatic heterocycles. The van der Waals surface area contributed by atoms with Crippen molar-refractivity contribution in [1.82, 2.24) is 14.3 Å². The van der Waals surface area contributed by atoms with Crippen molar-refractivity contribution in [1.29, 1.82) is 0 Å². The number of aromatic nitrogens is 3. The van der Waals surface area contributed by atoms with Crippen molar-refractivity contribution in [3.63, 3.8) is 0 Å². The number of hydrogen-bond acceptors (Lipinski definition) is 4. The predicted molar refractivity (Wildman–Crippen MR) is 84.8 cm³/mol. The van der Waals surface area contributed by atoms with E-state index in [1.54, 1.807) is 9.25 Å². The van der Waals surface area contributed by atoms with Crippen LogP contribution in [0.1, 0.15) is 23.4 Å². The first-order chi connectivity index (χ1) is 10.1. The molecule has 0 spiro atoms. The Hall–Kier alpha value is -1.66. The predicted octanol–water partition coefficient (Wildman–Crippen LogP) is 2.16. The van der Waals surface area contributed by atoms with E-state index in [4.69, 9.17) is 12.2 Å². The summed E-state index contributed by atoms with van der Waals surface area (Å²) in [5.41, 5.74) is 3.99. The molecule has 0 atom stereocenters. The van der Waals surface area contributed by atoms with Crippen molar-refractivity contribution >= 4 is 17.9 Å². The Kier molecular flexibility index (Phi) is 3.82. The average Bonchev–Trinajstić information content (AvgIpc) is 2.75. The van der Waals surface area contributed by atoms with Gasteiger partial charge in [0.25, 0.3) is 0 Å². The Balaban J connectivity index is 1.96. The van der Waals surface area contributed by atoms with Gasteiger partial charge in [0.05, 0.1) is 0 Å². The number of aliphatic hydroxyl groups excluding tert-OH is 1. The van der Waals surface area contributed by atoms with Crippen LogP contribution < -0.4 is 4.90 Å². The molecule has 0 amide bonds. The zero-order valence-electron chi connectivity index (χ0n) is 12.4. The topological polar surface area (TPSA) is 46.2 Å². The number of aryl methyl sites for hydroxylation is 2. The zero-order chi connectivity index (χ0) is 15.0. The lowest BCUT2D eigenvalue weighted by Crippen LogP contribution is -2.32. The summed E-state index contributed by atoms with van der Waals surface area (Å²) >= 11 is 5.41. The van der Waals surface area contributed by atoms with E-state index in [0.717, 1.165) is 19.4 Å². The molecule has 1 N–H and O–H groups in total. The minimum Gasteiger partial charge on any atom is -0.388 e. The number of nitrogens with zero attached hydrogens (tertiary/aromatic N) is 4. The van der Waals surface area contributed by atoms with Crippen LogP contribution in [0.2, 0.25) is 0 Å². The fourth-order valence-electron chi connectivity index (χ4n) is 3.01. The highest BCUT2D eigenvalue weighted by atomic mass is 32.1. The van der Waals surface area contributed by atoms with Crippen LogP contribution in [0.5, 0.6) is 0 Å². The largest absolute Gasteiger partial charge is 0.388 e. The van der Waals surface area contributed by atoms with Crippen molar-refractivity contribution in [2.75, 3.05) is 11.4 Å². The van der Waals surface area contributed by atoms with Crippen molar-refractivity contribution in [3.8, 4) is 0 Å². The lowest BCUT2D eigenvalue weighted by atomic mass is 9.99. The fraction of sp³-hybridized carbons (Fsp3) is 0.467. The fourth-order valence-corrected chi connectivity index (χ4v) is 3.22. The van der Waals surface area contributed by atoms with Gasteiger partial charge in [0.1, 0.15) is 13.3 Å². The third kappa shape index (κ3) is 2.49. The molecule has 5 nitrogen and oxygen atoms in total. The van der Waals surface area contributed by atoms with Gasteiger partial charge in [-0.25, -0.2) is 4.68 Å². The van der Waals surface area contributed by atoms with Gasteiger partial charge in [-0.05, 0) is 43.1 Å². The monoisotopic (exact) mass is 304 g/mol. The Labute approximate surface area is 129 Å². The highest BCUT2D eigenvalue weighted by molar-refractivity contribution is 7.71. The van der Waals surface area contributed by atoms with E-state index >= 15 is 0 Å². The zero-order valence-corrected chi connectivity index (χ0v) is 13.2. The van der Waals surface area contributed by atoms with Crippen LogP contribution in [-0.2, 0) is 26.7 Å². The maximum Gasteiger partial charge on any atom is 0.199 e. The molecular weight excluding hydrogens is 284 g/mol. The molecule has 2 heterocycles. The Morgan fingerprint density at radius 2 is 2.19 bits per heavy atom. The quantitative estimate of drug-likeness (QED) is 0.883. The van der Waals surface area contributed by atoms with E-state index in [2.05, 4.69) is 35.1 Å². The summed E-state index contributed by atoms with van der Waals surface area (Å²) in [6, 6.07) is 6.47. The van der Waals surface area contributed by atoms with E-state index in [0.29, 0.717) is 17.3 Å². The van der Waals surface area contributed by atoms with Gasteiger partial charge in [-0.2, -0.15) is 5.10 Å². The van der Waals surface area contributed by atoms with Gasteiger partial charge in [-0.1, -0.05) is 18.2 Å². The van der Waals surface area contributed by atoms with Crippen LogP contribution in [0.3, 0.4) is 0 Å². The lowest BCUT2D eigenvalue weighted by Gasteiger charge is -2.32. The number of fused-ring (bicyclic) bond motifs is 1. The molecule has 21 heavy (non-hydrogen) atoms. The molecule has 2 aromatic rings. The summed E-state index contributed by atoms with van der Waals surface area (Å²) in [4.78, 5) is 2.33. The first kappa shape index (κ1) is 14.3. The molecule has 0 bridgehead atoms. The van der Waals surface area contributed by atoms with Crippen LogP contribution in [0.15, 0.2) is 18.2 Å². The van der Waals surface area contributed by atoms with E-state index in [9.17, 15) is 5.11 Å². The molecule has 1 aromatic carbocycles. The number of anilines is 1. The van der Waals surface area contributed by atoms with Gasteiger partial charge < -0.3 is 14.6 Å². The molecule has 0 saturated carbocycles. The smallest absolute Gasteiger partial charge is 0.199 e. The molecule has 0 unspecified atom stereocenters. The van der Waals surface area contributed by atoms with Crippen LogP contribution in [0, 0.1) is 11.7 Å². The van der Waals surface area contributed by atoms with Crippen molar-refractivity contribution in [3.05, 3.63) is 39.9 Å². The molecule has 0 aliphatic carbocycles. The molecule has 112 valence electrons. The maximum atomic E-state index is 9.31. The molecule has 0 fully saturated rings. The van der Waals surface area contributed by atoms with Crippen LogP contribution in [0.4, 0.5) is 5.69 Å². The summed E-state index contributed by atoms with van der Waals surface area (Å²) in [5.74, 6) is 0.599. The van der Waals surface area contributed by atoms with Gasteiger partial charge in [-0.3, -0.25) is 0 Å². The summed E-state index contributed by atoms with van der Waals surface area (Å²) < 4.78 is 4.19. The molecule has 0 radical (unpaired) electrons. The lowest BCUT2D eigenvalue weighted by molar-refractivity contribution is 0.265. The van der Waals surface area contributed by atoms with Gasteiger partial charge >= 0.3 is 0 Å². The van der Waals surface area contributed by atoms with Gasteiger partial charge in [0.15, 0.2) is 10.6 Å². The van der Waals surface area contributed by atoms with Gasteiger partial charge in [0.2, 0.25) is 0 Å². The Bertz CT molecular complexity index is 719. The number of hydrogen-bond donors (Lipinski definition) is 1. The second-order valence-electron chi connectivity index (χ2n) is 5.51. The Morgan fingerprint density at radius 3 is 2.90 bits per heavy atom. The third-order valence-electron chi connectivity index (χ3n) is 4.09. The van der Waals surface area contributed by atoms with Crippen molar-refractivity contribution in [2.45, 2.75) is 33.0 Å². The van der Waals surface area contributed by atoms with E-state index < -0.39 is 0 Å². The summed E-state index contributed by atoms with van der Waals surface area (Å²) in [5, 5.41) is 13.7. The van der Waals surface area contributed by atoms with Gasteiger partial charge in [0, 0.05) is 19.3 Å². The van der Waals surface area contributed by atoms with E-state index in [1.807, 2.05) is 7.05 Å². The van der Waals surface area contributed by atoms with Crippen LogP contribution >= 0.6 is 12.2 Å². The minimum absolute atomic E-state index is 0.0945. The second kappa shape index (κ2) is 5.61. The molecule has 3 rings (SSSR count). The minimum atomic E-state index is -0.0945. The third-order valence-corrected chi connectivity index (χ3v) is 4.57. The SMILES string of the molecule is Cc1cccc2c1N(Cn1nc(CO)n(C)c1=S)CCC2. The number of rotatable bonds is 3. The van der Waals surface area contributed by atoms with Crippen molar-refractivity contribution < 1.29 is 5.11 Å². The first-order valence-corrected chi connectivity index (χ1v) is 7.59. The van der Waals surface area contributed by atoms with Gasteiger partial charge in [-0.15, -0.1) is 0 Å². The highest BCUT2D eigenvalue weighted by Crippen LogP contribution is 2.30. The normalized spacial score (nSPS) is 14.3. The highest BCUT2D eigenvalue weighted by Gasteiger charge is 2.20. The average molecular weight is 304 g/mol. The molecule has 1 aromatic heterocycles. The van der Waals surface area contributed by atoms with Crippen LogP contribution in [0.25, 0.3) is 0 Å². The molecule has 1 aliphatic rings. The van der Waals surface area contributed by atoms with Crippen LogP contribution in [-0.4, -0.2) is 26.0 Å². The standard InChI is InChI=1S/C15H20N4OS/c1-11-5-3-6-12-7-4-8-18(14(11)12)10-19-15(21)17(2)13(9-20)16-19/h3,5-6,20H,4,7-10H2,1-2H3. The first-order valence-electron chi connectivity index (χ1n) is 7.19. The molecule has 6 heteroatoms.